The lowest BCUT2D eigenvalue weighted by molar-refractivity contribution is 0.0558. The number of halogens is 1. The van der Waals surface area contributed by atoms with E-state index in [2.05, 4.69) is 20.7 Å². The molecule has 2 aliphatic heterocycles. The summed E-state index contributed by atoms with van der Waals surface area (Å²) in [4.78, 5) is 37.2. The third kappa shape index (κ3) is 4.70. The van der Waals surface area contributed by atoms with Gasteiger partial charge in [0.25, 0.3) is 5.56 Å². The molecule has 2 aliphatic rings. The monoisotopic (exact) mass is 484 g/mol. The van der Waals surface area contributed by atoms with Crippen LogP contribution >= 0.6 is 11.6 Å². The molecule has 5 rings (SSSR count). The van der Waals surface area contributed by atoms with Crippen LogP contribution in [-0.4, -0.2) is 71.1 Å². The number of morpholine rings is 1. The maximum Gasteiger partial charge on any atom is 0.336 e. The molecule has 2 amide bonds. The molecule has 0 spiro atoms. The lowest BCUT2D eigenvalue weighted by Crippen LogP contribution is -2.47. The van der Waals surface area contributed by atoms with E-state index in [4.69, 9.17) is 21.1 Å². The maximum atomic E-state index is 13.6. The van der Waals surface area contributed by atoms with Gasteiger partial charge in [-0.15, -0.1) is 0 Å². The molecular formula is C23H25ClN6O4. The number of amides is 2. The molecule has 10 nitrogen and oxygen atoms in total. The van der Waals surface area contributed by atoms with Crippen LogP contribution in [0.15, 0.2) is 41.3 Å². The Balaban J connectivity index is 1.58. The van der Waals surface area contributed by atoms with Crippen LogP contribution in [-0.2, 0) is 9.47 Å². The van der Waals surface area contributed by atoms with Crippen molar-refractivity contribution in [1.29, 1.82) is 0 Å². The Labute approximate surface area is 200 Å². The van der Waals surface area contributed by atoms with Crippen LogP contribution in [0.5, 0.6) is 0 Å². The molecule has 2 aromatic heterocycles. The summed E-state index contributed by atoms with van der Waals surface area (Å²) in [5.74, 6) is 0.388. The van der Waals surface area contributed by atoms with Crippen molar-refractivity contribution in [2.24, 2.45) is 0 Å². The summed E-state index contributed by atoms with van der Waals surface area (Å²) < 4.78 is 11.9. The predicted molar refractivity (Wildman–Crippen MR) is 129 cm³/mol. The minimum Gasteiger partial charge on any atom is -0.381 e. The van der Waals surface area contributed by atoms with E-state index in [-0.39, 0.29) is 6.04 Å². The van der Waals surface area contributed by atoms with Crippen LogP contribution in [0.4, 0.5) is 10.7 Å². The summed E-state index contributed by atoms with van der Waals surface area (Å²) in [6.07, 6.45) is 3.32. The highest BCUT2D eigenvalue weighted by molar-refractivity contribution is 6.33. The highest BCUT2D eigenvalue weighted by Crippen LogP contribution is 2.27. The Morgan fingerprint density at radius 3 is 2.56 bits per heavy atom. The van der Waals surface area contributed by atoms with E-state index in [0.29, 0.717) is 72.6 Å². The zero-order valence-electron chi connectivity index (χ0n) is 18.5. The van der Waals surface area contributed by atoms with Crippen molar-refractivity contribution in [3.8, 4) is 11.1 Å². The fourth-order valence-corrected chi connectivity index (χ4v) is 4.34. The SMILES string of the molecule is O=C(Nn1c(=O)c(-c2ccccc2Cl)cc2cnc(NC3CCOCC3)nc21)N1CCOCC1. The lowest BCUT2D eigenvalue weighted by Gasteiger charge is -2.27. The van der Waals surface area contributed by atoms with E-state index in [1.807, 2.05) is 0 Å². The summed E-state index contributed by atoms with van der Waals surface area (Å²) in [5, 5.41) is 4.34. The van der Waals surface area contributed by atoms with Gasteiger partial charge in [0.2, 0.25) is 5.95 Å². The smallest absolute Gasteiger partial charge is 0.336 e. The molecule has 0 radical (unpaired) electrons. The van der Waals surface area contributed by atoms with Crippen molar-refractivity contribution in [2.45, 2.75) is 18.9 Å². The molecule has 34 heavy (non-hydrogen) atoms. The van der Waals surface area contributed by atoms with Gasteiger partial charge in [0.15, 0.2) is 5.65 Å². The molecule has 0 saturated carbocycles. The number of urea groups is 1. The van der Waals surface area contributed by atoms with Crippen molar-refractivity contribution in [3.63, 3.8) is 0 Å². The summed E-state index contributed by atoms with van der Waals surface area (Å²) in [6, 6.07) is 8.56. The van der Waals surface area contributed by atoms with Crippen LogP contribution in [0.25, 0.3) is 22.2 Å². The van der Waals surface area contributed by atoms with Gasteiger partial charge in [-0.3, -0.25) is 4.79 Å². The molecule has 4 heterocycles. The van der Waals surface area contributed by atoms with E-state index < -0.39 is 11.6 Å². The minimum atomic E-state index is -0.432. The average molecular weight is 485 g/mol. The fraction of sp³-hybridized carbons (Fsp3) is 0.391. The van der Waals surface area contributed by atoms with Crippen molar-refractivity contribution in [2.75, 3.05) is 50.3 Å². The number of hydrogen-bond donors (Lipinski definition) is 2. The van der Waals surface area contributed by atoms with Crippen molar-refractivity contribution in [1.82, 2.24) is 19.5 Å². The number of carbonyl (C=O) groups excluding carboxylic acids is 1. The first-order valence-electron chi connectivity index (χ1n) is 11.3. The molecule has 0 atom stereocenters. The number of anilines is 1. The fourth-order valence-electron chi connectivity index (χ4n) is 4.10. The number of benzene rings is 1. The molecule has 178 valence electrons. The first-order chi connectivity index (χ1) is 16.6. The molecule has 0 unspecified atom stereocenters. The molecule has 0 bridgehead atoms. The van der Waals surface area contributed by atoms with Gasteiger partial charge in [-0.05, 0) is 25.0 Å². The highest BCUT2D eigenvalue weighted by atomic mass is 35.5. The van der Waals surface area contributed by atoms with Crippen LogP contribution in [0.1, 0.15) is 12.8 Å². The molecule has 2 N–H and O–H groups in total. The van der Waals surface area contributed by atoms with E-state index in [1.165, 1.54) is 4.68 Å². The number of aromatic nitrogens is 3. The quantitative estimate of drug-likeness (QED) is 0.585. The third-order valence-corrected chi connectivity index (χ3v) is 6.29. The van der Waals surface area contributed by atoms with E-state index in [1.54, 1.807) is 41.4 Å². The normalized spacial score (nSPS) is 17.0. The number of ether oxygens (including phenoxy) is 2. The number of carbonyl (C=O) groups is 1. The third-order valence-electron chi connectivity index (χ3n) is 5.97. The molecular weight excluding hydrogens is 460 g/mol. The Morgan fingerprint density at radius 1 is 1.06 bits per heavy atom. The number of pyridine rings is 1. The molecule has 1 aromatic carbocycles. The van der Waals surface area contributed by atoms with E-state index >= 15 is 0 Å². The van der Waals surface area contributed by atoms with Crippen molar-refractivity contribution in [3.05, 3.63) is 51.9 Å². The summed E-state index contributed by atoms with van der Waals surface area (Å²) >= 11 is 6.39. The first kappa shape index (κ1) is 22.6. The Bertz CT molecular complexity index is 1250. The second-order valence-electron chi connectivity index (χ2n) is 8.20. The van der Waals surface area contributed by atoms with Gasteiger partial charge in [-0.2, -0.15) is 9.66 Å². The largest absolute Gasteiger partial charge is 0.381 e. The van der Waals surface area contributed by atoms with Crippen molar-refractivity contribution < 1.29 is 14.3 Å². The molecule has 11 heteroatoms. The number of hydrogen-bond acceptors (Lipinski definition) is 7. The van der Waals surface area contributed by atoms with Crippen LogP contribution in [0.3, 0.4) is 0 Å². The summed E-state index contributed by atoms with van der Waals surface area (Å²) in [7, 11) is 0. The zero-order valence-corrected chi connectivity index (χ0v) is 19.3. The van der Waals surface area contributed by atoms with Gasteiger partial charge >= 0.3 is 6.03 Å². The van der Waals surface area contributed by atoms with Crippen LogP contribution in [0, 0.1) is 0 Å². The standard InChI is InChI=1S/C23H25ClN6O4/c24-19-4-2-1-3-17(19)18-13-15-14-25-22(26-16-5-9-33-10-6-16)27-20(15)30(21(18)31)28-23(32)29-7-11-34-12-8-29/h1-4,13-14,16H,5-12H2,(H,28,32)(H,25,26,27). The maximum absolute atomic E-state index is 13.6. The van der Waals surface area contributed by atoms with E-state index in [9.17, 15) is 9.59 Å². The van der Waals surface area contributed by atoms with Gasteiger partial charge in [-0.1, -0.05) is 29.8 Å². The number of nitrogens with zero attached hydrogens (tertiary/aromatic N) is 4. The van der Waals surface area contributed by atoms with Gasteiger partial charge in [0.1, 0.15) is 0 Å². The lowest BCUT2D eigenvalue weighted by atomic mass is 10.1. The summed E-state index contributed by atoms with van der Waals surface area (Å²) in [6.45, 7) is 3.12. The second kappa shape index (κ2) is 9.96. The summed E-state index contributed by atoms with van der Waals surface area (Å²) in [5.41, 5.74) is 3.51. The number of fused-ring (bicyclic) bond motifs is 1. The van der Waals surface area contributed by atoms with Gasteiger partial charge < -0.3 is 19.7 Å². The van der Waals surface area contributed by atoms with Crippen molar-refractivity contribution >= 4 is 34.6 Å². The highest BCUT2D eigenvalue weighted by Gasteiger charge is 2.22. The molecule has 3 aromatic rings. The Kier molecular flexibility index (Phi) is 6.61. The minimum absolute atomic E-state index is 0.178. The number of rotatable bonds is 4. The zero-order chi connectivity index (χ0) is 23.5. The van der Waals surface area contributed by atoms with Gasteiger partial charge in [-0.25, -0.2) is 15.2 Å². The molecule has 2 fully saturated rings. The van der Waals surface area contributed by atoms with Crippen LogP contribution < -0.4 is 16.3 Å². The predicted octanol–water partition coefficient (Wildman–Crippen LogP) is 2.70. The number of nitrogens with one attached hydrogen (secondary N) is 2. The molecule has 2 saturated heterocycles. The Morgan fingerprint density at radius 2 is 1.79 bits per heavy atom. The second-order valence-corrected chi connectivity index (χ2v) is 8.61. The Hall–Kier alpha value is -3.21. The van der Waals surface area contributed by atoms with Gasteiger partial charge in [0.05, 0.1) is 18.8 Å². The van der Waals surface area contributed by atoms with E-state index in [0.717, 1.165) is 12.8 Å². The average Bonchev–Trinajstić information content (AvgIpc) is 2.87. The molecule has 0 aliphatic carbocycles. The first-order valence-corrected chi connectivity index (χ1v) is 11.6. The van der Waals surface area contributed by atoms with Crippen LogP contribution in [0.2, 0.25) is 5.02 Å². The topological polar surface area (TPSA) is 111 Å². The van der Waals surface area contributed by atoms with Gasteiger partial charge in [0, 0.05) is 54.5 Å².